The number of aromatic nitrogens is 2. The first-order chi connectivity index (χ1) is 9.15. The van der Waals surface area contributed by atoms with Gasteiger partial charge in [0.15, 0.2) is 0 Å². The molecule has 19 heavy (non-hydrogen) atoms. The Kier molecular flexibility index (Phi) is 4.96. The zero-order chi connectivity index (χ0) is 13.7. The van der Waals surface area contributed by atoms with Gasteiger partial charge in [-0.3, -0.25) is 0 Å². The molecule has 2 heterocycles. The van der Waals surface area contributed by atoms with Gasteiger partial charge < -0.3 is 15.5 Å². The number of nitrogens with one attached hydrogen (secondary N) is 2. The van der Waals surface area contributed by atoms with Crippen LogP contribution < -0.4 is 15.5 Å². The average Bonchev–Trinajstić information content (AvgIpc) is 2.61. The van der Waals surface area contributed by atoms with Crippen LogP contribution in [0, 0.1) is 11.8 Å². The SMILES string of the molecule is CC(C)CNc1cc(N2CCNCC(C)C2)ncn1. The van der Waals surface area contributed by atoms with Crippen LogP contribution in [0.4, 0.5) is 11.6 Å². The summed E-state index contributed by atoms with van der Waals surface area (Å²) in [6, 6.07) is 2.06. The van der Waals surface area contributed by atoms with Crippen molar-refractivity contribution in [1.82, 2.24) is 15.3 Å². The van der Waals surface area contributed by atoms with Gasteiger partial charge in [0.2, 0.25) is 0 Å². The van der Waals surface area contributed by atoms with Crippen LogP contribution in [0.3, 0.4) is 0 Å². The fourth-order valence-corrected chi connectivity index (χ4v) is 2.23. The molecule has 1 aromatic rings. The van der Waals surface area contributed by atoms with E-state index in [0.29, 0.717) is 11.8 Å². The molecule has 2 rings (SSSR count). The van der Waals surface area contributed by atoms with Crippen LogP contribution >= 0.6 is 0 Å². The van der Waals surface area contributed by atoms with Gasteiger partial charge in [-0.05, 0) is 18.4 Å². The van der Waals surface area contributed by atoms with Crippen LogP contribution in [0.15, 0.2) is 12.4 Å². The Labute approximate surface area is 115 Å². The van der Waals surface area contributed by atoms with Gasteiger partial charge in [0.25, 0.3) is 0 Å². The molecule has 5 heteroatoms. The topological polar surface area (TPSA) is 53.1 Å². The zero-order valence-corrected chi connectivity index (χ0v) is 12.2. The molecule has 1 aromatic heterocycles. The summed E-state index contributed by atoms with van der Waals surface area (Å²) < 4.78 is 0. The second-order valence-corrected chi connectivity index (χ2v) is 5.79. The van der Waals surface area contributed by atoms with E-state index < -0.39 is 0 Å². The van der Waals surface area contributed by atoms with Gasteiger partial charge in [0.05, 0.1) is 0 Å². The third-order valence-electron chi connectivity index (χ3n) is 3.25. The largest absolute Gasteiger partial charge is 0.370 e. The lowest BCUT2D eigenvalue weighted by Gasteiger charge is -2.23. The van der Waals surface area contributed by atoms with Gasteiger partial charge in [-0.2, -0.15) is 0 Å². The highest BCUT2D eigenvalue weighted by molar-refractivity contribution is 5.48. The second-order valence-electron chi connectivity index (χ2n) is 5.79. The molecule has 0 aromatic carbocycles. The van der Waals surface area contributed by atoms with Crippen LogP contribution in [-0.4, -0.2) is 42.7 Å². The summed E-state index contributed by atoms with van der Waals surface area (Å²) in [5.41, 5.74) is 0. The molecule has 0 saturated carbocycles. The third kappa shape index (κ3) is 4.35. The zero-order valence-electron chi connectivity index (χ0n) is 12.2. The molecule has 0 aliphatic carbocycles. The Morgan fingerprint density at radius 3 is 3.11 bits per heavy atom. The van der Waals surface area contributed by atoms with Gasteiger partial charge >= 0.3 is 0 Å². The van der Waals surface area contributed by atoms with E-state index >= 15 is 0 Å². The summed E-state index contributed by atoms with van der Waals surface area (Å²) in [5, 5.41) is 6.81. The number of anilines is 2. The Balaban J connectivity index is 2.04. The number of rotatable bonds is 4. The maximum atomic E-state index is 4.41. The van der Waals surface area contributed by atoms with Crippen LogP contribution in [-0.2, 0) is 0 Å². The molecule has 1 aliphatic rings. The van der Waals surface area contributed by atoms with Crippen LogP contribution in [0.1, 0.15) is 20.8 Å². The van der Waals surface area contributed by atoms with Crippen molar-refractivity contribution >= 4 is 11.6 Å². The molecule has 5 nitrogen and oxygen atoms in total. The number of hydrogen-bond donors (Lipinski definition) is 2. The molecule has 0 spiro atoms. The molecule has 1 fully saturated rings. The normalized spacial score (nSPS) is 20.4. The molecular formula is C14H25N5. The Morgan fingerprint density at radius 1 is 1.47 bits per heavy atom. The summed E-state index contributed by atoms with van der Waals surface area (Å²) in [5.74, 6) is 3.20. The first kappa shape index (κ1) is 14.1. The van der Waals surface area contributed by atoms with Crippen LogP contribution in [0.25, 0.3) is 0 Å². The molecule has 1 saturated heterocycles. The highest BCUT2D eigenvalue weighted by Crippen LogP contribution is 2.16. The molecule has 1 unspecified atom stereocenters. The van der Waals surface area contributed by atoms with E-state index in [4.69, 9.17) is 0 Å². The number of nitrogens with zero attached hydrogens (tertiary/aromatic N) is 3. The van der Waals surface area contributed by atoms with E-state index in [2.05, 4.69) is 52.3 Å². The lowest BCUT2D eigenvalue weighted by atomic mass is 10.2. The third-order valence-corrected chi connectivity index (χ3v) is 3.25. The first-order valence-corrected chi connectivity index (χ1v) is 7.16. The summed E-state index contributed by atoms with van der Waals surface area (Å²) in [4.78, 5) is 11.0. The molecule has 0 radical (unpaired) electrons. The number of hydrogen-bond acceptors (Lipinski definition) is 5. The predicted octanol–water partition coefficient (Wildman–Crippen LogP) is 1.59. The maximum absolute atomic E-state index is 4.41. The van der Waals surface area contributed by atoms with E-state index in [-0.39, 0.29) is 0 Å². The van der Waals surface area contributed by atoms with Crippen molar-refractivity contribution in [2.75, 3.05) is 42.9 Å². The van der Waals surface area contributed by atoms with Gasteiger partial charge in [0.1, 0.15) is 18.0 Å². The van der Waals surface area contributed by atoms with Crippen molar-refractivity contribution in [2.45, 2.75) is 20.8 Å². The summed E-state index contributed by atoms with van der Waals surface area (Å²) in [6.45, 7) is 11.7. The van der Waals surface area contributed by atoms with Crippen molar-refractivity contribution < 1.29 is 0 Å². The smallest absolute Gasteiger partial charge is 0.134 e. The van der Waals surface area contributed by atoms with Crippen molar-refractivity contribution in [1.29, 1.82) is 0 Å². The van der Waals surface area contributed by atoms with Crippen molar-refractivity contribution in [3.8, 4) is 0 Å². The summed E-state index contributed by atoms with van der Waals surface area (Å²) >= 11 is 0. The minimum Gasteiger partial charge on any atom is -0.370 e. The van der Waals surface area contributed by atoms with E-state index in [9.17, 15) is 0 Å². The lowest BCUT2D eigenvalue weighted by molar-refractivity contribution is 0.563. The minimum atomic E-state index is 0.612. The van der Waals surface area contributed by atoms with Gasteiger partial charge in [0, 0.05) is 32.2 Å². The Hall–Kier alpha value is -1.36. The first-order valence-electron chi connectivity index (χ1n) is 7.16. The minimum absolute atomic E-state index is 0.612. The lowest BCUT2D eigenvalue weighted by Crippen LogP contribution is -2.30. The second kappa shape index (κ2) is 6.70. The fourth-order valence-electron chi connectivity index (χ4n) is 2.23. The molecule has 1 atom stereocenters. The quantitative estimate of drug-likeness (QED) is 0.864. The highest BCUT2D eigenvalue weighted by Gasteiger charge is 2.16. The van der Waals surface area contributed by atoms with Crippen LogP contribution in [0.2, 0.25) is 0 Å². The Bertz CT molecular complexity index is 393. The molecule has 1 aliphatic heterocycles. The van der Waals surface area contributed by atoms with Crippen LogP contribution in [0.5, 0.6) is 0 Å². The van der Waals surface area contributed by atoms with E-state index in [1.807, 2.05) is 0 Å². The highest BCUT2D eigenvalue weighted by atomic mass is 15.2. The predicted molar refractivity (Wildman–Crippen MR) is 79.6 cm³/mol. The molecule has 2 N–H and O–H groups in total. The average molecular weight is 263 g/mol. The standard InChI is InChI=1S/C14H25N5/c1-11(2)7-16-13-6-14(18-10-17-13)19-5-4-15-8-12(3)9-19/h6,10-12,15H,4-5,7-9H2,1-3H3,(H,16,17,18). The van der Waals surface area contributed by atoms with E-state index in [0.717, 1.165) is 44.4 Å². The maximum Gasteiger partial charge on any atom is 0.134 e. The summed E-state index contributed by atoms with van der Waals surface area (Å²) in [7, 11) is 0. The van der Waals surface area contributed by atoms with Gasteiger partial charge in [-0.1, -0.05) is 20.8 Å². The van der Waals surface area contributed by atoms with Crippen molar-refractivity contribution in [3.63, 3.8) is 0 Å². The van der Waals surface area contributed by atoms with E-state index in [1.54, 1.807) is 6.33 Å². The summed E-state index contributed by atoms with van der Waals surface area (Å²) in [6.07, 6.45) is 1.65. The van der Waals surface area contributed by atoms with E-state index in [1.165, 1.54) is 0 Å². The molecule has 0 amide bonds. The Morgan fingerprint density at radius 2 is 2.32 bits per heavy atom. The van der Waals surface area contributed by atoms with Crippen molar-refractivity contribution in [2.24, 2.45) is 11.8 Å². The monoisotopic (exact) mass is 263 g/mol. The fraction of sp³-hybridized carbons (Fsp3) is 0.714. The van der Waals surface area contributed by atoms with Crippen molar-refractivity contribution in [3.05, 3.63) is 12.4 Å². The molecule has 106 valence electrons. The molecule has 0 bridgehead atoms. The van der Waals surface area contributed by atoms with Gasteiger partial charge in [-0.25, -0.2) is 9.97 Å². The van der Waals surface area contributed by atoms with Gasteiger partial charge in [-0.15, -0.1) is 0 Å². The molecular weight excluding hydrogens is 238 g/mol.